The first-order valence-electron chi connectivity index (χ1n) is 10.9. The van der Waals surface area contributed by atoms with E-state index in [-0.39, 0.29) is 18.2 Å². The van der Waals surface area contributed by atoms with Gasteiger partial charge in [-0.05, 0) is 71.6 Å². The number of carbonyl (C=O) groups is 3. The fourth-order valence-electron chi connectivity index (χ4n) is 3.74. The van der Waals surface area contributed by atoms with Gasteiger partial charge in [-0.3, -0.25) is 14.4 Å². The molecular formula is C28H24N2O4. The van der Waals surface area contributed by atoms with Crippen molar-refractivity contribution >= 4 is 39.9 Å². The van der Waals surface area contributed by atoms with Crippen LogP contribution in [0.5, 0.6) is 0 Å². The summed E-state index contributed by atoms with van der Waals surface area (Å²) in [6.45, 7) is 1.89. The molecule has 2 amide bonds. The van der Waals surface area contributed by atoms with Crippen LogP contribution in [0.4, 0.5) is 11.4 Å². The van der Waals surface area contributed by atoms with Crippen LogP contribution in [-0.4, -0.2) is 22.9 Å². The van der Waals surface area contributed by atoms with Crippen LogP contribution < -0.4 is 10.6 Å². The van der Waals surface area contributed by atoms with Crippen molar-refractivity contribution in [1.29, 1.82) is 0 Å². The molecule has 0 saturated carbocycles. The summed E-state index contributed by atoms with van der Waals surface area (Å²) in [6.07, 6.45) is 0.386. The minimum absolute atomic E-state index is 0.0142. The molecule has 0 atom stereocenters. The normalized spacial score (nSPS) is 10.6. The monoisotopic (exact) mass is 452 g/mol. The van der Waals surface area contributed by atoms with Gasteiger partial charge in [0.2, 0.25) is 0 Å². The predicted molar refractivity (Wildman–Crippen MR) is 133 cm³/mol. The molecule has 0 spiro atoms. The largest absolute Gasteiger partial charge is 0.481 e. The van der Waals surface area contributed by atoms with E-state index in [2.05, 4.69) is 10.6 Å². The van der Waals surface area contributed by atoms with E-state index >= 15 is 0 Å². The molecule has 0 saturated heterocycles. The Morgan fingerprint density at radius 3 is 2.35 bits per heavy atom. The van der Waals surface area contributed by atoms with E-state index in [1.54, 1.807) is 36.4 Å². The lowest BCUT2D eigenvalue weighted by Gasteiger charge is -2.13. The van der Waals surface area contributed by atoms with Crippen molar-refractivity contribution in [1.82, 2.24) is 0 Å². The van der Waals surface area contributed by atoms with Gasteiger partial charge < -0.3 is 15.7 Å². The van der Waals surface area contributed by atoms with E-state index in [4.69, 9.17) is 5.11 Å². The average molecular weight is 453 g/mol. The number of hydrogen-bond donors (Lipinski definition) is 3. The standard InChI is InChI=1S/C28H24N2O4/c1-18-9-13-24(28(34)29-23-8-4-5-19(16-23)10-14-26(31)32)25(15-18)30-27(33)22-12-11-20-6-2-3-7-21(20)17-22/h2-9,11-13,15-17H,10,14H2,1H3,(H,29,34)(H,30,33)(H,31,32). The van der Waals surface area contributed by atoms with E-state index in [0.29, 0.717) is 28.9 Å². The van der Waals surface area contributed by atoms with Crippen molar-refractivity contribution in [3.63, 3.8) is 0 Å². The van der Waals surface area contributed by atoms with Crippen molar-refractivity contribution in [2.45, 2.75) is 19.8 Å². The van der Waals surface area contributed by atoms with Gasteiger partial charge in [0.15, 0.2) is 0 Å². The summed E-state index contributed by atoms with van der Waals surface area (Å²) in [5, 5.41) is 16.6. The number of hydrogen-bond acceptors (Lipinski definition) is 3. The summed E-state index contributed by atoms with van der Waals surface area (Å²) >= 11 is 0. The lowest BCUT2D eigenvalue weighted by atomic mass is 10.1. The van der Waals surface area contributed by atoms with Crippen LogP contribution in [0.2, 0.25) is 0 Å². The molecule has 0 unspecified atom stereocenters. The highest BCUT2D eigenvalue weighted by molar-refractivity contribution is 6.13. The molecule has 0 radical (unpaired) electrons. The zero-order valence-corrected chi connectivity index (χ0v) is 18.7. The Bertz CT molecular complexity index is 1390. The van der Waals surface area contributed by atoms with Crippen LogP contribution in [0.15, 0.2) is 84.9 Å². The summed E-state index contributed by atoms with van der Waals surface area (Å²) in [7, 11) is 0. The number of aliphatic carboxylic acids is 1. The molecule has 0 aliphatic carbocycles. The Labute approximate surface area is 197 Å². The third-order valence-electron chi connectivity index (χ3n) is 5.49. The Kier molecular flexibility index (Phi) is 6.69. The first kappa shape index (κ1) is 22.7. The molecular weight excluding hydrogens is 428 g/mol. The highest BCUT2D eigenvalue weighted by Crippen LogP contribution is 2.22. The molecule has 0 fully saturated rings. The van der Waals surface area contributed by atoms with Gasteiger partial charge >= 0.3 is 5.97 Å². The van der Waals surface area contributed by atoms with Crippen molar-refractivity contribution < 1.29 is 19.5 Å². The minimum atomic E-state index is -0.874. The van der Waals surface area contributed by atoms with Crippen molar-refractivity contribution in [2.24, 2.45) is 0 Å². The van der Waals surface area contributed by atoms with Crippen LogP contribution >= 0.6 is 0 Å². The number of nitrogens with one attached hydrogen (secondary N) is 2. The van der Waals surface area contributed by atoms with Gasteiger partial charge in [0.05, 0.1) is 11.3 Å². The molecule has 4 aromatic carbocycles. The molecule has 3 N–H and O–H groups in total. The second-order valence-electron chi connectivity index (χ2n) is 8.11. The molecule has 6 heteroatoms. The first-order valence-corrected chi connectivity index (χ1v) is 10.9. The number of anilines is 2. The fourth-order valence-corrected chi connectivity index (χ4v) is 3.74. The number of carboxylic acid groups (broad SMARTS) is 1. The molecule has 4 rings (SSSR count). The van der Waals surface area contributed by atoms with E-state index < -0.39 is 5.97 Å². The first-order chi connectivity index (χ1) is 16.4. The van der Waals surface area contributed by atoms with E-state index in [1.165, 1.54) is 0 Å². The quantitative estimate of drug-likeness (QED) is 0.337. The minimum Gasteiger partial charge on any atom is -0.481 e. The number of fused-ring (bicyclic) bond motifs is 1. The maximum absolute atomic E-state index is 13.1. The van der Waals surface area contributed by atoms with Crippen LogP contribution in [-0.2, 0) is 11.2 Å². The van der Waals surface area contributed by atoms with Crippen molar-refractivity contribution in [2.75, 3.05) is 10.6 Å². The molecule has 0 heterocycles. The number of aryl methyl sites for hydroxylation is 2. The van der Waals surface area contributed by atoms with Gasteiger partial charge in [0.25, 0.3) is 11.8 Å². The van der Waals surface area contributed by atoms with Crippen LogP contribution in [0, 0.1) is 6.92 Å². The van der Waals surface area contributed by atoms with Crippen LogP contribution in [0.25, 0.3) is 10.8 Å². The van der Waals surface area contributed by atoms with E-state index in [9.17, 15) is 14.4 Å². The highest BCUT2D eigenvalue weighted by Gasteiger charge is 2.16. The number of benzene rings is 4. The van der Waals surface area contributed by atoms with Gasteiger partial charge in [0.1, 0.15) is 0 Å². The topological polar surface area (TPSA) is 95.5 Å². The maximum atomic E-state index is 13.1. The smallest absolute Gasteiger partial charge is 0.303 e. The van der Waals surface area contributed by atoms with Crippen molar-refractivity contribution in [3.8, 4) is 0 Å². The third kappa shape index (κ3) is 5.48. The summed E-state index contributed by atoms with van der Waals surface area (Å²) in [4.78, 5) is 36.9. The Morgan fingerprint density at radius 2 is 1.56 bits per heavy atom. The maximum Gasteiger partial charge on any atom is 0.303 e. The van der Waals surface area contributed by atoms with Gasteiger partial charge in [-0.15, -0.1) is 0 Å². The molecule has 0 aliphatic heterocycles. The number of amides is 2. The number of carbonyl (C=O) groups excluding carboxylic acids is 2. The summed E-state index contributed by atoms with van der Waals surface area (Å²) in [5.41, 5.74) is 3.52. The van der Waals surface area contributed by atoms with E-state index in [1.807, 2.05) is 55.5 Å². The Morgan fingerprint density at radius 1 is 0.765 bits per heavy atom. The molecule has 0 aromatic heterocycles. The summed E-state index contributed by atoms with van der Waals surface area (Å²) in [5.74, 6) is -1.55. The zero-order chi connectivity index (χ0) is 24.1. The molecule has 4 aromatic rings. The van der Waals surface area contributed by atoms with Gasteiger partial charge in [-0.25, -0.2) is 0 Å². The molecule has 34 heavy (non-hydrogen) atoms. The number of carboxylic acids is 1. The van der Waals surface area contributed by atoms with E-state index in [0.717, 1.165) is 21.9 Å². The molecule has 6 nitrogen and oxygen atoms in total. The lowest BCUT2D eigenvalue weighted by molar-refractivity contribution is -0.136. The van der Waals surface area contributed by atoms with Crippen LogP contribution in [0.3, 0.4) is 0 Å². The Hall–Kier alpha value is -4.45. The van der Waals surface area contributed by atoms with Gasteiger partial charge in [-0.2, -0.15) is 0 Å². The highest BCUT2D eigenvalue weighted by atomic mass is 16.4. The van der Waals surface area contributed by atoms with Crippen LogP contribution in [0.1, 0.15) is 38.3 Å². The molecule has 0 aliphatic rings. The SMILES string of the molecule is Cc1ccc(C(=O)Nc2cccc(CCC(=O)O)c2)c(NC(=O)c2ccc3ccccc3c2)c1. The number of rotatable bonds is 7. The second kappa shape index (κ2) is 10.0. The Balaban J connectivity index is 1.54. The van der Waals surface area contributed by atoms with Gasteiger partial charge in [0, 0.05) is 17.7 Å². The summed E-state index contributed by atoms with van der Waals surface area (Å²) in [6, 6.07) is 25.6. The van der Waals surface area contributed by atoms with Crippen molar-refractivity contribution in [3.05, 3.63) is 107 Å². The lowest BCUT2D eigenvalue weighted by Crippen LogP contribution is -2.18. The molecule has 0 bridgehead atoms. The fraction of sp³-hybridized carbons (Fsp3) is 0.107. The predicted octanol–water partition coefficient (Wildman–Crippen LogP) is 5.67. The van der Waals surface area contributed by atoms with Gasteiger partial charge in [-0.1, -0.05) is 48.5 Å². The molecule has 170 valence electrons. The second-order valence-corrected chi connectivity index (χ2v) is 8.11. The third-order valence-corrected chi connectivity index (χ3v) is 5.49. The average Bonchev–Trinajstić information content (AvgIpc) is 2.82. The summed E-state index contributed by atoms with van der Waals surface area (Å²) < 4.78 is 0. The zero-order valence-electron chi connectivity index (χ0n) is 18.7.